The molecule has 2 aromatic rings. The van der Waals surface area contributed by atoms with Gasteiger partial charge >= 0.3 is 0 Å². The van der Waals surface area contributed by atoms with Crippen molar-refractivity contribution in [2.45, 2.75) is 33.1 Å². The first-order chi connectivity index (χ1) is 7.41. The SMILES string of the molecule is CC(=O)c1cccc2c(C(C)(C)C)[nH]nc12. The Labute approximate surface area is 94.9 Å². The van der Waals surface area contributed by atoms with Gasteiger partial charge in [0.1, 0.15) is 5.52 Å². The number of carbonyl (C=O) groups excluding carboxylic acids is 1. The Morgan fingerprint density at radius 1 is 1.31 bits per heavy atom. The fraction of sp³-hybridized carbons (Fsp3) is 0.385. The number of nitrogens with one attached hydrogen (secondary N) is 1. The zero-order valence-corrected chi connectivity index (χ0v) is 10.1. The molecule has 0 fully saturated rings. The highest BCUT2D eigenvalue weighted by atomic mass is 16.1. The Morgan fingerprint density at radius 3 is 2.56 bits per heavy atom. The van der Waals surface area contributed by atoms with E-state index in [0.717, 1.165) is 16.6 Å². The van der Waals surface area contributed by atoms with Crippen molar-refractivity contribution in [1.29, 1.82) is 0 Å². The lowest BCUT2D eigenvalue weighted by Crippen LogP contribution is -2.11. The number of carbonyl (C=O) groups is 1. The number of rotatable bonds is 1. The van der Waals surface area contributed by atoms with Crippen LogP contribution in [0.3, 0.4) is 0 Å². The zero-order valence-electron chi connectivity index (χ0n) is 10.1. The van der Waals surface area contributed by atoms with Crippen LogP contribution in [-0.4, -0.2) is 16.0 Å². The van der Waals surface area contributed by atoms with Gasteiger partial charge in [0.15, 0.2) is 5.78 Å². The molecule has 3 nitrogen and oxygen atoms in total. The lowest BCUT2D eigenvalue weighted by Gasteiger charge is -2.16. The van der Waals surface area contributed by atoms with E-state index >= 15 is 0 Å². The van der Waals surface area contributed by atoms with Gasteiger partial charge in [-0.05, 0) is 13.0 Å². The summed E-state index contributed by atoms with van der Waals surface area (Å²) in [6.07, 6.45) is 0. The first-order valence-electron chi connectivity index (χ1n) is 5.40. The maximum absolute atomic E-state index is 11.5. The number of ketones is 1. The molecule has 3 heteroatoms. The Morgan fingerprint density at radius 2 is 2.00 bits per heavy atom. The topological polar surface area (TPSA) is 45.8 Å². The van der Waals surface area contributed by atoms with Crippen LogP contribution < -0.4 is 0 Å². The summed E-state index contributed by atoms with van der Waals surface area (Å²) in [4.78, 5) is 11.5. The molecule has 0 bridgehead atoms. The van der Waals surface area contributed by atoms with Crippen molar-refractivity contribution in [2.24, 2.45) is 0 Å². The normalized spacial score (nSPS) is 12.0. The molecule has 1 aromatic heterocycles. The molecule has 1 N–H and O–H groups in total. The van der Waals surface area contributed by atoms with Crippen molar-refractivity contribution in [3.05, 3.63) is 29.5 Å². The van der Waals surface area contributed by atoms with E-state index in [1.54, 1.807) is 6.92 Å². The second-order valence-electron chi connectivity index (χ2n) is 5.11. The van der Waals surface area contributed by atoms with Crippen molar-refractivity contribution in [2.75, 3.05) is 0 Å². The molecule has 0 aliphatic heterocycles. The first kappa shape index (κ1) is 10.9. The lowest BCUT2D eigenvalue weighted by atomic mass is 9.89. The number of aromatic amines is 1. The van der Waals surface area contributed by atoms with Gasteiger partial charge in [-0.1, -0.05) is 32.9 Å². The van der Waals surface area contributed by atoms with Crippen molar-refractivity contribution in [3.8, 4) is 0 Å². The largest absolute Gasteiger partial charge is 0.294 e. The third-order valence-corrected chi connectivity index (χ3v) is 2.71. The van der Waals surface area contributed by atoms with Gasteiger partial charge in [-0.3, -0.25) is 9.89 Å². The fourth-order valence-electron chi connectivity index (χ4n) is 1.89. The van der Waals surface area contributed by atoms with E-state index in [1.165, 1.54) is 0 Å². The molecule has 0 spiro atoms. The summed E-state index contributed by atoms with van der Waals surface area (Å²) in [5.41, 5.74) is 2.54. The minimum atomic E-state index is 0.00413. The monoisotopic (exact) mass is 216 g/mol. The molecule has 0 aliphatic carbocycles. The molecule has 0 radical (unpaired) electrons. The molecule has 0 saturated carbocycles. The zero-order chi connectivity index (χ0) is 11.9. The predicted molar refractivity (Wildman–Crippen MR) is 64.8 cm³/mol. The van der Waals surface area contributed by atoms with E-state index in [1.807, 2.05) is 18.2 Å². The number of benzene rings is 1. The summed E-state index contributed by atoms with van der Waals surface area (Å²) < 4.78 is 0. The van der Waals surface area contributed by atoms with Crippen molar-refractivity contribution >= 4 is 16.7 Å². The number of nitrogens with zero attached hydrogens (tertiary/aromatic N) is 1. The van der Waals surface area contributed by atoms with E-state index < -0.39 is 0 Å². The van der Waals surface area contributed by atoms with Gasteiger partial charge in [0.2, 0.25) is 0 Å². The molecular formula is C13H16N2O. The number of aromatic nitrogens is 2. The average molecular weight is 216 g/mol. The van der Waals surface area contributed by atoms with Crippen LogP contribution in [0.4, 0.5) is 0 Å². The van der Waals surface area contributed by atoms with Crippen molar-refractivity contribution in [3.63, 3.8) is 0 Å². The summed E-state index contributed by atoms with van der Waals surface area (Å²) in [6.45, 7) is 7.95. The molecule has 1 heterocycles. The Bertz CT molecular complexity index is 547. The summed E-state index contributed by atoms with van der Waals surface area (Å²) in [5.74, 6) is 0.0533. The van der Waals surface area contributed by atoms with Crippen LogP contribution >= 0.6 is 0 Å². The van der Waals surface area contributed by atoms with Gasteiger partial charge in [-0.2, -0.15) is 5.10 Å². The van der Waals surface area contributed by atoms with E-state index in [9.17, 15) is 4.79 Å². The predicted octanol–water partition coefficient (Wildman–Crippen LogP) is 3.06. The van der Waals surface area contributed by atoms with Crippen LogP contribution in [0.5, 0.6) is 0 Å². The second kappa shape index (κ2) is 3.44. The van der Waals surface area contributed by atoms with Gasteiger partial charge in [0, 0.05) is 22.1 Å². The number of fused-ring (bicyclic) bond motifs is 1. The van der Waals surface area contributed by atoms with Crippen LogP contribution in [0.15, 0.2) is 18.2 Å². The highest BCUT2D eigenvalue weighted by molar-refractivity contribution is 6.06. The number of H-pyrrole nitrogens is 1. The van der Waals surface area contributed by atoms with E-state index in [-0.39, 0.29) is 11.2 Å². The average Bonchev–Trinajstić information content (AvgIpc) is 2.59. The molecular weight excluding hydrogens is 200 g/mol. The minimum Gasteiger partial charge on any atom is -0.294 e. The second-order valence-corrected chi connectivity index (χ2v) is 5.11. The van der Waals surface area contributed by atoms with Gasteiger partial charge in [0.25, 0.3) is 0 Å². The first-order valence-corrected chi connectivity index (χ1v) is 5.40. The maximum Gasteiger partial charge on any atom is 0.162 e. The Kier molecular flexibility index (Phi) is 2.34. The number of para-hydroxylation sites is 1. The van der Waals surface area contributed by atoms with Crippen LogP contribution in [0.1, 0.15) is 43.7 Å². The molecule has 0 amide bonds. The highest BCUT2D eigenvalue weighted by Crippen LogP contribution is 2.29. The molecule has 0 aliphatic rings. The summed E-state index contributed by atoms with van der Waals surface area (Å²) >= 11 is 0. The summed E-state index contributed by atoms with van der Waals surface area (Å²) in [7, 11) is 0. The number of hydrogen-bond donors (Lipinski definition) is 1. The molecule has 2 rings (SSSR count). The molecule has 16 heavy (non-hydrogen) atoms. The molecule has 0 atom stereocenters. The van der Waals surface area contributed by atoms with Crippen LogP contribution in [0.25, 0.3) is 10.9 Å². The number of Topliss-reactive ketones (excluding diaryl/α,β-unsaturated/α-hetero) is 1. The van der Waals surface area contributed by atoms with E-state index in [0.29, 0.717) is 5.56 Å². The van der Waals surface area contributed by atoms with Crippen LogP contribution in [0, 0.1) is 0 Å². The Balaban J connectivity index is 2.76. The smallest absolute Gasteiger partial charge is 0.162 e. The molecule has 0 saturated heterocycles. The standard InChI is InChI=1S/C13H16N2O/c1-8(16)9-6-5-7-10-11(9)14-15-12(10)13(2,3)4/h5-7H,1-4H3,(H,14,15). The van der Waals surface area contributed by atoms with Crippen molar-refractivity contribution in [1.82, 2.24) is 10.2 Å². The highest BCUT2D eigenvalue weighted by Gasteiger charge is 2.21. The van der Waals surface area contributed by atoms with Crippen LogP contribution in [-0.2, 0) is 5.41 Å². The molecule has 0 unspecified atom stereocenters. The quantitative estimate of drug-likeness (QED) is 0.744. The third kappa shape index (κ3) is 1.62. The van der Waals surface area contributed by atoms with Gasteiger partial charge < -0.3 is 0 Å². The fourth-order valence-corrected chi connectivity index (χ4v) is 1.89. The van der Waals surface area contributed by atoms with Crippen molar-refractivity contribution < 1.29 is 4.79 Å². The van der Waals surface area contributed by atoms with E-state index in [4.69, 9.17) is 0 Å². The molecule has 1 aromatic carbocycles. The van der Waals surface area contributed by atoms with Gasteiger partial charge in [-0.25, -0.2) is 0 Å². The van der Waals surface area contributed by atoms with E-state index in [2.05, 4.69) is 31.0 Å². The van der Waals surface area contributed by atoms with Gasteiger partial charge in [-0.15, -0.1) is 0 Å². The summed E-state index contributed by atoms with van der Waals surface area (Å²) in [5, 5.41) is 8.35. The third-order valence-electron chi connectivity index (χ3n) is 2.71. The minimum absolute atomic E-state index is 0.00413. The summed E-state index contributed by atoms with van der Waals surface area (Å²) in [6, 6.07) is 5.73. The lowest BCUT2D eigenvalue weighted by molar-refractivity contribution is 0.101. The number of hydrogen-bond acceptors (Lipinski definition) is 2. The maximum atomic E-state index is 11.5. The van der Waals surface area contributed by atoms with Gasteiger partial charge in [0.05, 0.1) is 0 Å². The molecule has 84 valence electrons. The Hall–Kier alpha value is -1.64. The van der Waals surface area contributed by atoms with Crippen LogP contribution in [0.2, 0.25) is 0 Å².